The Balaban J connectivity index is 1.64. The van der Waals surface area contributed by atoms with E-state index in [1.54, 1.807) is 24.5 Å². The third kappa shape index (κ3) is 3.40. The van der Waals surface area contributed by atoms with E-state index in [0.717, 1.165) is 11.1 Å². The number of pyridine rings is 1. The Morgan fingerprint density at radius 3 is 2.55 bits per heavy atom. The Kier molecular flexibility index (Phi) is 4.29. The molecule has 22 heavy (non-hydrogen) atoms. The van der Waals surface area contributed by atoms with Crippen LogP contribution in [0.4, 0.5) is 0 Å². The Morgan fingerprint density at radius 2 is 1.82 bits per heavy atom. The molecule has 2 heterocycles. The van der Waals surface area contributed by atoms with Gasteiger partial charge in [-0.3, -0.25) is 9.78 Å². The second kappa shape index (κ2) is 6.53. The molecule has 0 aliphatic heterocycles. The van der Waals surface area contributed by atoms with E-state index in [-0.39, 0.29) is 11.5 Å². The third-order valence-corrected chi connectivity index (χ3v) is 3.85. The first kappa shape index (κ1) is 14.5. The van der Waals surface area contributed by atoms with E-state index in [1.165, 1.54) is 11.8 Å². The number of benzene rings is 1. The normalized spacial score (nSPS) is 10.6. The van der Waals surface area contributed by atoms with Crippen molar-refractivity contribution in [3.05, 3.63) is 59.9 Å². The average Bonchev–Trinajstić information content (AvgIpc) is 3.03. The number of rotatable bonds is 5. The Hall–Kier alpha value is -2.47. The molecule has 3 aromatic rings. The van der Waals surface area contributed by atoms with Crippen molar-refractivity contribution in [3.63, 3.8) is 0 Å². The number of thioether (sulfide) groups is 1. The summed E-state index contributed by atoms with van der Waals surface area (Å²) in [6, 6.07) is 11.1. The van der Waals surface area contributed by atoms with Gasteiger partial charge in [0.15, 0.2) is 5.78 Å². The number of aryl methyl sites for hydroxylation is 1. The summed E-state index contributed by atoms with van der Waals surface area (Å²) in [5.41, 5.74) is 2.62. The quantitative estimate of drug-likeness (QED) is 0.531. The van der Waals surface area contributed by atoms with Crippen LogP contribution >= 0.6 is 11.8 Å². The lowest BCUT2D eigenvalue weighted by Gasteiger charge is -1.99. The summed E-state index contributed by atoms with van der Waals surface area (Å²) in [4.78, 5) is 16.0. The lowest BCUT2D eigenvalue weighted by molar-refractivity contribution is 0.102. The zero-order valence-electron chi connectivity index (χ0n) is 11.9. The highest BCUT2D eigenvalue weighted by Gasteiger charge is 2.12. The fourth-order valence-corrected chi connectivity index (χ4v) is 2.49. The van der Waals surface area contributed by atoms with Crippen molar-refractivity contribution in [2.24, 2.45) is 0 Å². The Bertz CT molecular complexity index is 770. The van der Waals surface area contributed by atoms with Gasteiger partial charge in [-0.15, -0.1) is 10.2 Å². The van der Waals surface area contributed by atoms with E-state index in [9.17, 15) is 4.79 Å². The van der Waals surface area contributed by atoms with Crippen molar-refractivity contribution >= 4 is 17.5 Å². The molecule has 0 atom stereocenters. The molecule has 0 fully saturated rings. The summed E-state index contributed by atoms with van der Waals surface area (Å²) in [7, 11) is 0. The molecule has 3 rings (SSSR count). The molecule has 0 radical (unpaired) electrons. The van der Waals surface area contributed by atoms with Crippen molar-refractivity contribution in [2.45, 2.75) is 12.1 Å². The van der Waals surface area contributed by atoms with Gasteiger partial charge in [0.1, 0.15) is 0 Å². The average molecular weight is 311 g/mol. The second-order valence-electron chi connectivity index (χ2n) is 4.69. The van der Waals surface area contributed by atoms with Crippen LogP contribution in [-0.4, -0.2) is 26.7 Å². The molecular formula is C16H13N3O2S. The fraction of sp³-hybridized carbons (Fsp3) is 0.125. The van der Waals surface area contributed by atoms with Gasteiger partial charge in [-0.25, -0.2) is 0 Å². The van der Waals surface area contributed by atoms with Gasteiger partial charge in [0.2, 0.25) is 5.89 Å². The molecule has 0 bridgehead atoms. The topological polar surface area (TPSA) is 68.9 Å². The van der Waals surface area contributed by atoms with Crippen molar-refractivity contribution in [1.29, 1.82) is 0 Å². The third-order valence-electron chi connectivity index (χ3n) is 3.03. The lowest BCUT2D eigenvalue weighted by atomic mass is 10.1. The zero-order valence-corrected chi connectivity index (χ0v) is 12.7. The van der Waals surface area contributed by atoms with Crippen LogP contribution in [0.5, 0.6) is 0 Å². The van der Waals surface area contributed by atoms with E-state index in [4.69, 9.17) is 4.42 Å². The van der Waals surface area contributed by atoms with Gasteiger partial charge >= 0.3 is 0 Å². The monoisotopic (exact) mass is 311 g/mol. The first-order valence-electron chi connectivity index (χ1n) is 6.69. The maximum absolute atomic E-state index is 12.1. The molecule has 6 heteroatoms. The summed E-state index contributed by atoms with van der Waals surface area (Å²) in [5.74, 6) is 0.724. The first-order chi connectivity index (χ1) is 10.7. The standard InChI is InChI=1S/C16H13N3O2S/c1-11-2-4-12(5-3-11)14(20)10-22-16-19-18-15(21-16)13-6-8-17-9-7-13/h2-9H,10H2,1H3. The largest absolute Gasteiger partial charge is 0.411 e. The van der Waals surface area contributed by atoms with Crippen LogP contribution < -0.4 is 0 Å². The summed E-state index contributed by atoms with van der Waals surface area (Å²) in [6.07, 6.45) is 3.32. The number of nitrogens with zero attached hydrogens (tertiary/aromatic N) is 3. The maximum atomic E-state index is 12.1. The highest BCUT2D eigenvalue weighted by Crippen LogP contribution is 2.23. The number of hydrogen-bond acceptors (Lipinski definition) is 6. The summed E-state index contributed by atoms with van der Waals surface area (Å²) in [5, 5.41) is 8.30. The van der Waals surface area contributed by atoms with Gasteiger partial charge in [-0.05, 0) is 19.1 Å². The molecule has 0 saturated carbocycles. The van der Waals surface area contributed by atoms with Crippen LogP contribution in [0.2, 0.25) is 0 Å². The molecule has 1 aromatic carbocycles. The van der Waals surface area contributed by atoms with Crippen molar-refractivity contribution < 1.29 is 9.21 Å². The van der Waals surface area contributed by atoms with Gasteiger partial charge in [0.25, 0.3) is 5.22 Å². The van der Waals surface area contributed by atoms with Crippen molar-refractivity contribution in [1.82, 2.24) is 15.2 Å². The summed E-state index contributed by atoms with van der Waals surface area (Å²) < 4.78 is 5.54. The Morgan fingerprint density at radius 1 is 1.09 bits per heavy atom. The predicted molar refractivity (Wildman–Crippen MR) is 83.8 cm³/mol. The predicted octanol–water partition coefficient (Wildman–Crippen LogP) is 3.42. The molecule has 0 saturated heterocycles. The van der Waals surface area contributed by atoms with E-state index < -0.39 is 0 Å². The number of hydrogen-bond donors (Lipinski definition) is 0. The van der Waals surface area contributed by atoms with Gasteiger partial charge in [-0.2, -0.15) is 0 Å². The van der Waals surface area contributed by atoms with E-state index in [1.807, 2.05) is 31.2 Å². The molecule has 5 nitrogen and oxygen atoms in total. The summed E-state index contributed by atoms with van der Waals surface area (Å²) in [6.45, 7) is 1.99. The van der Waals surface area contributed by atoms with Crippen molar-refractivity contribution in [3.8, 4) is 11.5 Å². The zero-order chi connectivity index (χ0) is 15.4. The number of aromatic nitrogens is 3. The van der Waals surface area contributed by atoms with Crippen LogP contribution in [0.3, 0.4) is 0 Å². The smallest absolute Gasteiger partial charge is 0.277 e. The van der Waals surface area contributed by atoms with Crippen LogP contribution in [0.15, 0.2) is 58.4 Å². The highest BCUT2D eigenvalue weighted by molar-refractivity contribution is 7.99. The van der Waals surface area contributed by atoms with E-state index >= 15 is 0 Å². The SMILES string of the molecule is Cc1ccc(C(=O)CSc2nnc(-c3ccncc3)o2)cc1. The lowest BCUT2D eigenvalue weighted by Crippen LogP contribution is -2.02. The molecule has 2 aromatic heterocycles. The van der Waals surface area contributed by atoms with Gasteiger partial charge < -0.3 is 4.42 Å². The van der Waals surface area contributed by atoms with Gasteiger partial charge in [0, 0.05) is 23.5 Å². The number of Topliss-reactive ketones (excluding diaryl/α,β-unsaturated/α-hetero) is 1. The molecule has 0 aliphatic carbocycles. The second-order valence-corrected chi connectivity index (χ2v) is 5.61. The number of carbonyl (C=O) groups is 1. The van der Waals surface area contributed by atoms with Crippen LogP contribution in [0, 0.1) is 6.92 Å². The van der Waals surface area contributed by atoms with Crippen LogP contribution in [-0.2, 0) is 0 Å². The number of carbonyl (C=O) groups excluding carboxylic acids is 1. The van der Waals surface area contributed by atoms with Crippen molar-refractivity contribution in [2.75, 3.05) is 5.75 Å². The molecule has 0 N–H and O–H groups in total. The van der Waals surface area contributed by atoms with Gasteiger partial charge in [-0.1, -0.05) is 41.6 Å². The molecule has 0 aliphatic rings. The van der Waals surface area contributed by atoms with Crippen LogP contribution in [0.25, 0.3) is 11.5 Å². The van der Waals surface area contributed by atoms with Gasteiger partial charge in [0.05, 0.1) is 5.75 Å². The van der Waals surface area contributed by atoms with E-state index in [0.29, 0.717) is 16.7 Å². The Labute approximate surface area is 131 Å². The summed E-state index contributed by atoms with van der Waals surface area (Å²) >= 11 is 1.24. The first-order valence-corrected chi connectivity index (χ1v) is 7.67. The molecular weight excluding hydrogens is 298 g/mol. The minimum Gasteiger partial charge on any atom is -0.411 e. The molecule has 0 unspecified atom stereocenters. The molecule has 0 spiro atoms. The number of ketones is 1. The van der Waals surface area contributed by atoms with Crippen LogP contribution in [0.1, 0.15) is 15.9 Å². The maximum Gasteiger partial charge on any atom is 0.277 e. The molecule has 110 valence electrons. The minimum atomic E-state index is 0.0358. The highest BCUT2D eigenvalue weighted by atomic mass is 32.2. The molecule has 0 amide bonds. The fourth-order valence-electron chi connectivity index (χ4n) is 1.83. The van der Waals surface area contributed by atoms with E-state index in [2.05, 4.69) is 15.2 Å². The minimum absolute atomic E-state index is 0.0358.